The summed E-state index contributed by atoms with van der Waals surface area (Å²) in [4.78, 5) is 27.8. The highest BCUT2D eigenvalue weighted by Crippen LogP contribution is 2.40. The maximum atomic E-state index is 15.4. The number of halogens is 5. The molecule has 2 aliphatic rings. The molecule has 2 amide bonds. The van der Waals surface area contributed by atoms with Crippen LogP contribution in [0.2, 0.25) is 0 Å². The number of hydrogen-bond donors (Lipinski definition) is 3. The van der Waals surface area contributed by atoms with Gasteiger partial charge in [0.2, 0.25) is 12.2 Å². The van der Waals surface area contributed by atoms with Crippen LogP contribution in [0.4, 0.5) is 23.2 Å². The summed E-state index contributed by atoms with van der Waals surface area (Å²) in [5, 5.41) is 4.31. The molecule has 2 saturated carbocycles. The third kappa shape index (κ3) is 9.60. The molecule has 0 aromatic heterocycles. The van der Waals surface area contributed by atoms with E-state index < -0.39 is 36.3 Å². The Kier molecular flexibility index (Phi) is 13.9. The molecule has 0 spiro atoms. The van der Waals surface area contributed by atoms with Crippen LogP contribution in [-0.2, 0) is 16.0 Å². The van der Waals surface area contributed by atoms with Gasteiger partial charge >= 0.3 is 0 Å². The topological polar surface area (TPSA) is 87.5 Å². The zero-order valence-electron chi connectivity index (χ0n) is 24.3. The lowest BCUT2D eigenvalue weighted by molar-refractivity contribution is -0.126. The van der Waals surface area contributed by atoms with Gasteiger partial charge in [-0.1, -0.05) is 38.5 Å². The lowest BCUT2D eigenvalue weighted by Gasteiger charge is -2.33. The average molecular weight is 605 g/mol. The second kappa shape index (κ2) is 16.3. The number of nitrogens with two attached hydrogens (primary N) is 1. The Morgan fingerprint density at radius 1 is 0.976 bits per heavy atom. The van der Waals surface area contributed by atoms with E-state index in [9.17, 15) is 22.8 Å². The van der Waals surface area contributed by atoms with E-state index >= 15 is 4.39 Å². The van der Waals surface area contributed by atoms with Crippen LogP contribution in [-0.4, -0.2) is 50.1 Å². The third-order valence-corrected chi connectivity index (χ3v) is 8.31. The van der Waals surface area contributed by atoms with E-state index in [-0.39, 0.29) is 41.2 Å². The molecule has 232 valence electrons. The van der Waals surface area contributed by atoms with Gasteiger partial charge in [-0.25, -0.2) is 17.6 Å². The average Bonchev–Trinajstić information content (AvgIpc) is 2.93. The monoisotopic (exact) mass is 604 g/mol. The van der Waals surface area contributed by atoms with Crippen molar-refractivity contribution in [3.63, 3.8) is 0 Å². The summed E-state index contributed by atoms with van der Waals surface area (Å²) < 4.78 is 54.1. The number of benzene rings is 1. The van der Waals surface area contributed by atoms with Crippen LogP contribution in [0.3, 0.4) is 0 Å². The molecule has 0 bridgehead atoms. The summed E-state index contributed by atoms with van der Waals surface area (Å²) in [6.07, 6.45) is 4.98. The molecule has 1 aromatic rings. The third-order valence-electron chi connectivity index (χ3n) is 8.31. The van der Waals surface area contributed by atoms with Gasteiger partial charge in [-0.05, 0) is 93.8 Å². The quantitative estimate of drug-likeness (QED) is 0.154. The van der Waals surface area contributed by atoms with E-state index in [2.05, 4.69) is 5.32 Å². The predicted molar refractivity (Wildman–Crippen MR) is 156 cm³/mol. The fraction of sp³-hybridized carbons (Fsp3) is 0.667. The molecule has 4 N–H and O–H groups in total. The molecule has 2 aliphatic carbocycles. The van der Waals surface area contributed by atoms with Crippen molar-refractivity contribution >= 4 is 29.9 Å². The van der Waals surface area contributed by atoms with Gasteiger partial charge in [-0.3, -0.25) is 9.59 Å². The molecule has 2 fully saturated rings. The second-order valence-corrected chi connectivity index (χ2v) is 11.5. The van der Waals surface area contributed by atoms with Gasteiger partial charge < -0.3 is 21.3 Å². The fourth-order valence-corrected chi connectivity index (χ4v) is 6.08. The van der Waals surface area contributed by atoms with Crippen molar-refractivity contribution in [1.82, 2.24) is 10.2 Å². The minimum Gasteiger partial charge on any atom is -0.394 e. The van der Waals surface area contributed by atoms with Gasteiger partial charge in [0.25, 0.3) is 12.3 Å². The number of alkyl halides is 3. The summed E-state index contributed by atoms with van der Waals surface area (Å²) in [5.41, 5.74) is 8.44. The van der Waals surface area contributed by atoms with Crippen molar-refractivity contribution in [2.24, 2.45) is 17.6 Å². The number of anilines is 1. The first-order chi connectivity index (χ1) is 19.0. The van der Waals surface area contributed by atoms with Crippen LogP contribution >= 0.6 is 12.4 Å². The lowest BCUT2D eigenvalue weighted by atomic mass is 9.73. The number of likely N-dealkylation sites (N-methyl/N-ethyl adjacent to an activating group) is 1. The molecule has 0 aliphatic heterocycles. The molecule has 0 saturated heterocycles. The maximum Gasteiger partial charge on any atom is 0.287 e. The summed E-state index contributed by atoms with van der Waals surface area (Å²) in [5.74, 6) is -2.88. The number of allylic oxidation sites excluding steroid dienone is 1. The van der Waals surface area contributed by atoms with Crippen molar-refractivity contribution in [3.05, 3.63) is 40.3 Å². The normalized spacial score (nSPS) is 18.0. The molecule has 2 unspecified atom stereocenters. The number of hydrogen-bond acceptors (Lipinski definition) is 4. The Hall–Kier alpha value is -2.33. The van der Waals surface area contributed by atoms with Gasteiger partial charge in [0.05, 0.1) is 17.3 Å². The predicted octanol–water partition coefficient (Wildman–Crippen LogP) is 6.44. The molecular formula is C30H45ClF4N4O2. The first-order valence-corrected chi connectivity index (χ1v) is 14.5. The molecule has 6 nitrogen and oxygen atoms in total. The number of nitrogens with one attached hydrogen (secondary N) is 2. The second-order valence-electron chi connectivity index (χ2n) is 11.5. The Labute approximate surface area is 247 Å². The fourth-order valence-electron chi connectivity index (χ4n) is 6.08. The first kappa shape index (κ1) is 34.9. The van der Waals surface area contributed by atoms with Crippen LogP contribution in [0.5, 0.6) is 0 Å². The summed E-state index contributed by atoms with van der Waals surface area (Å²) in [6, 6.07) is 2.58. The molecule has 41 heavy (non-hydrogen) atoms. The highest BCUT2D eigenvalue weighted by atomic mass is 35.5. The van der Waals surface area contributed by atoms with E-state index in [1.54, 1.807) is 5.32 Å². The van der Waals surface area contributed by atoms with Crippen LogP contribution in [0.15, 0.2) is 23.4 Å². The summed E-state index contributed by atoms with van der Waals surface area (Å²) in [6.45, 7) is 1.94. The minimum atomic E-state index is -3.37. The number of amides is 2. The first-order valence-electron chi connectivity index (χ1n) is 14.5. The molecular weight excluding hydrogens is 560 g/mol. The molecule has 0 radical (unpaired) electrons. The van der Waals surface area contributed by atoms with Crippen LogP contribution in [0.1, 0.15) is 88.2 Å². The van der Waals surface area contributed by atoms with Crippen molar-refractivity contribution < 1.29 is 27.2 Å². The van der Waals surface area contributed by atoms with E-state index in [0.717, 1.165) is 63.0 Å². The number of nitrogens with zero attached hydrogens (tertiary/aromatic N) is 1. The molecule has 3 rings (SSSR count). The Morgan fingerprint density at radius 2 is 1.51 bits per heavy atom. The number of carbonyl (C=O) groups excluding carboxylic acids is 2. The van der Waals surface area contributed by atoms with Crippen molar-refractivity contribution in [1.29, 1.82) is 0 Å². The number of carbonyl (C=O) groups is 2. The summed E-state index contributed by atoms with van der Waals surface area (Å²) >= 11 is 0. The van der Waals surface area contributed by atoms with Gasteiger partial charge in [0.15, 0.2) is 0 Å². The van der Waals surface area contributed by atoms with Crippen molar-refractivity contribution in [3.8, 4) is 0 Å². The number of rotatable bonds is 11. The van der Waals surface area contributed by atoms with Gasteiger partial charge in [0, 0.05) is 6.54 Å². The SMILES string of the molecule is CC(C(=O)NC(F)C(F)F)c1cc(F)c(NC(=O)C(N)=C(C2CCCCC2)C2CCCCC2)cc1CCN(C)C.Cl. The van der Waals surface area contributed by atoms with Crippen LogP contribution in [0, 0.1) is 17.7 Å². The zero-order valence-corrected chi connectivity index (χ0v) is 25.1. The molecule has 11 heteroatoms. The van der Waals surface area contributed by atoms with Gasteiger partial charge in [-0.2, -0.15) is 0 Å². The van der Waals surface area contributed by atoms with E-state index in [4.69, 9.17) is 5.73 Å². The van der Waals surface area contributed by atoms with Gasteiger partial charge in [0.1, 0.15) is 5.82 Å². The highest BCUT2D eigenvalue weighted by molar-refractivity contribution is 6.03. The maximum absolute atomic E-state index is 15.4. The highest BCUT2D eigenvalue weighted by Gasteiger charge is 2.31. The largest absolute Gasteiger partial charge is 0.394 e. The van der Waals surface area contributed by atoms with E-state index in [1.165, 1.54) is 25.8 Å². The smallest absolute Gasteiger partial charge is 0.287 e. The summed E-state index contributed by atoms with van der Waals surface area (Å²) in [7, 11) is 3.70. The molecule has 1 aromatic carbocycles. The van der Waals surface area contributed by atoms with Gasteiger partial charge in [-0.15, -0.1) is 12.4 Å². The zero-order chi connectivity index (χ0) is 29.4. The van der Waals surface area contributed by atoms with Crippen LogP contribution in [0.25, 0.3) is 0 Å². The minimum absolute atomic E-state index is 0. The lowest BCUT2D eigenvalue weighted by Crippen LogP contribution is -2.39. The van der Waals surface area contributed by atoms with E-state index in [1.807, 2.05) is 19.0 Å². The van der Waals surface area contributed by atoms with Crippen molar-refractivity contribution in [2.75, 3.05) is 26.0 Å². The molecule has 0 heterocycles. The standard InChI is InChI=1S/C30H44F4N4O2.ClH/c1-18(29(39)37-28(34)27(32)33)22-17-23(31)24(16-21(22)14-15-38(2)3)36-30(40)26(35)25(19-10-6-4-7-11-19)20-12-8-5-9-13-20;/h16-20,27-28H,4-15,35H2,1-3H3,(H,36,40)(H,37,39);1H. The Bertz CT molecular complexity index is 1040. The van der Waals surface area contributed by atoms with Crippen molar-refractivity contribution in [2.45, 2.75) is 96.2 Å². The Morgan fingerprint density at radius 3 is 2.00 bits per heavy atom. The Balaban J connectivity index is 0.00000588. The van der Waals surface area contributed by atoms with Crippen LogP contribution < -0.4 is 16.4 Å². The van der Waals surface area contributed by atoms with E-state index in [0.29, 0.717) is 18.5 Å². The molecule has 2 atom stereocenters.